The van der Waals surface area contributed by atoms with Crippen molar-refractivity contribution < 1.29 is 0 Å². The van der Waals surface area contributed by atoms with Gasteiger partial charge in [0.25, 0.3) is 0 Å². The number of aryl methyl sites for hydroxylation is 1. The molecule has 0 bridgehead atoms. The second-order valence-electron chi connectivity index (χ2n) is 4.45. The molecule has 5 heteroatoms. The van der Waals surface area contributed by atoms with Crippen LogP contribution in [0.5, 0.6) is 0 Å². The molecule has 1 heterocycles. The van der Waals surface area contributed by atoms with Gasteiger partial charge in [0, 0.05) is 6.04 Å². The highest BCUT2D eigenvalue weighted by molar-refractivity contribution is 4.76. The molecule has 1 atom stereocenters. The molecule has 1 aromatic heterocycles. The molecule has 0 aliphatic rings. The van der Waals surface area contributed by atoms with E-state index in [0.717, 1.165) is 11.7 Å². The van der Waals surface area contributed by atoms with E-state index in [0.29, 0.717) is 12.6 Å². The van der Waals surface area contributed by atoms with Crippen LogP contribution in [0.2, 0.25) is 0 Å². The summed E-state index contributed by atoms with van der Waals surface area (Å²) < 4.78 is 0. The summed E-state index contributed by atoms with van der Waals surface area (Å²) in [5, 5.41) is 15.2. The molecule has 0 fully saturated rings. The van der Waals surface area contributed by atoms with Gasteiger partial charge in [0.05, 0.1) is 13.6 Å². The van der Waals surface area contributed by atoms with Crippen molar-refractivity contribution in [2.45, 2.75) is 46.2 Å². The first kappa shape index (κ1) is 12.1. The van der Waals surface area contributed by atoms with E-state index < -0.39 is 0 Å². The van der Waals surface area contributed by atoms with Crippen molar-refractivity contribution in [2.75, 3.05) is 0 Å². The van der Waals surface area contributed by atoms with Crippen molar-refractivity contribution >= 4 is 0 Å². The van der Waals surface area contributed by atoms with E-state index in [1.54, 1.807) is 7.05 Å². The molecule has 15 heavy (non-hydrogen) atoms. The normalized spacial score (nSPS) is 13.4. The van der Waals surface area contributed by atoms with Gasteiger partial charge < -0.3 is 5.32 Å². The molecule has 0 spiro atoms. The predicted molar refractivity (Wildman–Crippen MR) is 59.2 cm³/mol. The van der Waals surface area contributed by atoms with Gasteiger partial charge in [0.1, 0.15) is 0 Å². The van der Waals surface area contributed by atoms with Crippen LogP contribution < -0.4 is 5.32 Å². The third-order valence-electron chi connectivity index (χ3n) is 2.34. The maximum Gasteiger partial charge on any atom is 0.188 e. The van der Waals surface area contributed by atoms with Crippen molar-refractivity contribution in [1.29, 1.82) is 0 Å². The number of hydrogen-bond donors (Lipinski definition) is 1. The van der Waals surface area contributed by atoms with Gasteiger partial charge in [-0.1, -0.05) is 13.8 Å². The molecule has 0 aliphatic carbocycles. The molecule has 1 N–H and O–H groups in total. The highest BCUT2D eigenvalue weighted by Crippen LogP contribution is 2.06. The first-order valence-electron chi connectivity index (χ1n) is 5.54. The molecule has 0 amide bonds. The van der Waals surface area contributed by atoms with Gasteiger partial charge >= 0.3 is 0 Å². The lowest BCUT2D eigenvalue weighted by Gasteiger charge is -2.13. The third kappa shape index (κ3) is 4.88. The Morgan fingerprint density at radius 2 is 2.00 bits per heavy atom. The molecule has 0 saturated carbocycles. The van der Waals surface area contributed by atoms with Gasteiger partial charge in [0.2, 0.25) is 0 Å². The van der Waals surface area contributed by atoms with Crippen LogP contribution in [-0.4, -0.2) is 26.2 Å². The first-order chi connectivity index (χ1) is 7.08. The molecule has 1 unspecified atom stereocenters. The van der Waals surface area contributed by atoms with Crippen molar-refractivity contribution in [2.24, 2.45) is 13.0 Å². The smallest absolute Gasteiger partial charge is 0.188 e. The summed E-state index contributed by atoms with van der Waals surface area (Å²) in [6.45, 7) is 7.39. The molecule has 86 valence electrons. The molecule has 5 nitrogen and oxygen atoms in total. The molecular weight excluding hydrogens is 190 g/mol. The Hall–Kier alpha value is -0.970. The Bertz CT molecular complexity index is 281. The standard InChI is InChI=1S/C10H21N5/c1-8(2)5-6-9(3)11-7-10-12-14-15(4)13-10/h8-9,11H,5-7H2,1-4H3. The van der Waals surface area contributed by atoms with E-state index in [1.807, 2.05) is 0 Å². The fourth-order valence-corrected chi connectivity index (χ4v) is 1.35. The van der Waals surface area contributed by atoms with Crippen LogP contribution in [0.4, 0.5) is 0 Å². The Labute approximate surface area is 91.2 Å². The van der Waals surface area contributed by atoms with Crippen LogP contribution in [-0.2, 0) is 13.6 Å². The largest absolute Gasteiger partial charge is 0.307 e. The zero-order valence-electron chi connectivity index (χ0n) is 10.1. The van der Waals surface area contributed by atoms with E-state index in [4.69, 9.17) is 0 Å². The molecule has 0 aromatic carbocycles. The SMILES string of the molecule is CC(C)CCC(C)NCc1nnn(C)n1. The molecule has 1 rings (SSSR count). The fourth-order valence-electron chi connectivity index (χ4n) is 1.35. The Kier molecular flexibility index (Phi) is 4.68. The minimum absolute atomic E-state index is 0.510. The second kappa shape index (κ2) is 5.80. The number of hydrogen-bond acceptors (Lipinski definition) is 4. The van der Waals surface area contributed by atoms with Gasteiger partial charge in [-0.2, -0.15) is 4.80 Å². The van der Waals surface area contributed by atoms with Gasteiger partial charge in [-0.05, 0) is 30.9 Å². The summed E-state index contributed by atoms with van der Waals surface area (Å²) in [6.07, 6.45) is 2.44. The summed E-state index contributed by atoms with van der Waals surface area (Å²) in [5.74, 6) is 1.53. The minimum Gasteiger partial charge on any atom is -0.307 e. The highest BCUT2D eigenvalue weighted by atomic mass is 15.6. The molecule has 0 radical (unpaired) electrons. The lowest BCUT2D eigenvalue weighted by molar-refractivity contribution is 0.446. The van der Waals surface area contributed by atoms with Crippen molar-refractivity contribution in [3.63, 3.8) is 0 Å². The monoisotopic (exact) mass is 211 g/mol. The van der Waals surface area contributed by atoms with Gasteiger partial charge in [-0.25, -0.2) is 0 Å². The number of tetrazole rings is 1. The lowest BCUT2D eigenvalue weighted by atomic mass is 10.0. The van der Waals surface area contributed by atoms with Crippen LogP contribution in [0.15, 0.2) is 0 Å². The van der Waals surface area contributed by atoms with Crippen LogP contribution in [0.1, 0.15) is 39.4 Å². The highest BCUT2D eigenvalue weighted by Gasteiger charge is 2.05. The average Bonchev–Trinajstić information content (AvgIpc) is 2.58. The summed E-state index contributed by atoms with van der Waals surface area (Å²) in [4.78, 5) is 1.48. The number of nitrogens with one attached hydrogen (secondary N) is 1. The molecule has 1 aromatic rings. The van der Waals surface area contributed by atoms with E-state index in [9.17, 15) is 0 Å². The van der Waals surface area contributed by atoms with Gasteiger partial charge in [0.15, 0.2) is 5.82 Å². The summed E-state index contributed by atoms with van der Waals surface area (Å²) in [6, 6.07) is 0.510. The Morgan fingerprint density at radius 1 is 1.27 bits per heavy atom. The van der Waals surface area contributed by atoms with E-state index in [1.165, 1.54) is 17.6 Å². The topological polar surface area (TPSA) is 55.6 Å². The lowest BCUT2D eigenvalue weighted by Crippen LogP contribution is -2.26. The molecular formula is C10H21N5. The van der Waals surface area contributed by atoms with Crippen LogP contribution in [0.3, 0.4) is 0 Å². The predicted octanol–water partition coefficient (Wildman–Crippen LogP) is 1.12. The summed E-state index contributed by atoms with van der Waals surface area (Å²) >= 11 is 0. The quantitative estimate of drug-likeness (QED) is 0.766. The summed E-state index contributed by atoms with van der Waals surface area (Å²) in [7, 11) is 1.78. The number of rotatable bonds is 6. The maximum absolute atomic E-state index is 4.11. The molecule has 0 saturated heterocycles. The second-order valence-corrected chi connectivity index (χ2v) is 4.45. The zero-order chi connectivity index (χ0) is 11.3. The summed E-state index contributed by atoms with van der Waals surface area (Å²) in [5.41, 5.74) is 0. The Balaban J connectivity index is 2.19. The van der Waals surface area contributed by atoms with Gasteiger partial charge in [-0.15, -0.1) is 10.2 Å². The van der Waals surface area contributed by atoms with Crippen LogP contribution in [0.25, 0.3) is 0 Å². The zero-order valence-corrected chi connectivity index (χ0v) is 10.1. The van der Waals surface area contributed by atoms with Crippen LogP contribution >= 0.6 is 0 Å². The molecule has 0 aliphatic heterocycles. The van der Waals surface area contributed by atoms with Crippen LogP contribution in [0, 0.1) is 5.92 Å². The van der Waals surface area contributed by atoms with E-state index in [-0.39, 0.29) is 0 Å². The number of aromatic nitrogens is 4. The van der Waals surface area contributed by atoms with Gasteiger partial charge in [-0.3, -0.25) is 0 Å². The van der Waals surface area contributed by atoms with E-state index in [2.05, 4.69) is 41.5 Å². The third-order valence-corrected chi connectivity index (χ3v) is 2.34. The van der Waals surface area contributed by atoms with Crippen molar-refractivity contribution in [1.82, 2.24) is 25.5 Å². The average molecular weight is 211 g/mol. The first-order valence-corrected chi connectivity index (χ1v) is 5.54. The Morgan fingerprint density at radius 3 is 2.53 bits per heavy atom. The minimum atomic E-state index is 0.510. The van der Waals surface area contributed by atoms with Crippen molar-refractivity contribution in [3.8, 4) is 0 Å². The van der Waals surface area contributed by atoms with E-state index >= 15 is 0 Å². The van der Waals surface area contributed by atoms with Crippen molar-refractivity contribution in [3.05, 3.63) is 5.82 Å². The fraction of sp³-hybridized carbons (Fsp3) is 0.900. The maximum atomic E-state index is 4.11. The number of nitrogens with zero attached hydrogens (tertiary/aromatic N) is 4.